The van der Waals surface area contributed by atoms with Crippen molar-refractivity contribution in [2.24, 2.45) is 0 Å². The number of rotatable bonds is 4. The highest BCUT2D eigenvalue weighted by atomic mass is 127. The zero-order chi connectivity index (χ0) is 15.5. The number of nitrogens with one attached hydrogen (secondary N) is 2. The minimum atomic E-state index is -3.36. The molecule has 0 aromatic heterocycles. The van der Waals surface area contributed by atoms with Crippen LogP contribution in [0.25, 0.3) is 0 Å². The molecule has 0 bridgehead atoms. The third-order valence-corrected chi connectivity index (χ3v) is 5.59. The lowest BCUT2D eigenvalue weighted by molar-refractivity contribution is 0.0491. The summed E-state index contributed by atoms with van der Waals surface area (Å²) in [5.74, 6) is -0.330. The maximum Gasteiger partial charge on any atom is 0.211 e. The van der Waals surface area contributed by atoms with Crippen LogP contribution in [-0.4, -0.2) is 39.9 Å². The molecule has 2 rings (SSSR count). The van der Waals surface area contributed by atoms with Crippen molar-refractivity contribution in [1.82, 2.24) is 10.0 Å². The third-order valence-electron chi connectivity index (χ3n) is 3.29. The van der Waals surface area contributed by atoms with Crippen LogP contribution in [0, 0.1) is 9.39 Å². The minimum Gasteiger partial charge on any atom is -0.370 e. The van der Waals surface area contributed by atoms with Gasteiger partial charge in [0.15, 0.2) is 0 Å². The summed E-state index contributed by atoms with van der Waals surface area (Å²) in [4.78, 5) is 0. The van der Waals surface area contributed by atoms with E-state index >= 15 is 0 Å². The van der Waals surface area contributed by atoms with E-state index in [0.717, 1.165) is 0 Å². The Morgan fingerprint density at radius 2 is 2.29 bits per heavy atom. The van der Waals surface area contributed by atoms with Gasteiger partial charge in [-0.1, -0.05) is 6.07 Å². The molecule has 0 saturated carbocycles. The van der Waals surface area contributed by atoms with Gasteiger partial charge in [0.05, 0.1) is 18.4 Å². The van der Waals surface area contributed by atoms with Crippen LogP contribution in [0.5, 0.6) is 0 Å². The van der Waals surface area contributed by atoms with Crippen molar-refractivity contribution >= 4 is 32.6 Å². The molecule has 118 valence electrons. The Bertz CT molecular complexity index is 597. The molecule has 1 aromatic rings. The molecule has 0 aliphatic carbocycles. The number of hydrogen-bond donors (Lipinski definition) is 2. The Morgan fingerprint density at radius 3 is 2.95 bits per heavy atom. The second-order valence-electron chi connectivity index (χ2n) is 4.80. The zero-order valence-corrected chi connectivity index (χ0v) is 14.6. The summed E-state index contributed by atoms with van der Waals surface area (Å²) in [5.41, 5.74) is 0.639. The maximum atomic E-state index is 13.7. The first-order valence-electron chi connectivity index (χ1n) is 6.70. The Kier molecular flexibility index (Phi) is 5.95. The first-order valence-corrected chi connectivity index (χ1v) is 9.43. The van der Waals surface area contributed by atoms with Crippen LogP contribution in [0.3, 0.4) is 0 Å². The Labute approximate surface area is 137 Å². The van der Waals surface area contributed by atoms with Crippen LogP contribution in [0.15, 0.2) is 18.2 Å². The number of halogens is 2. The Balaban J connectivity index is 2.28. The lowest BCUT2D eigenvalue weighted by atomic mass is 10.0. The lowest BCUT2D eigenvalue weighted by Crippen LogP contribution is -2.45. The van der Waals surface area contributed by atoms with Crippen LogP contribution < -0.4 is 10.0 Å². The topological polar surface area (TPSA) is 67.4 Å². The van der Waals surface area contributed by atoms with Gasteiger partial charge in [-0.15, -0.1) is 0 Å². The standard InChI is InChI=1S/C13H18FIN2O3S/c1-2-21(18,19)17-12-8-16-5-6-20-13(12)9-3-4-11(15)10(14)7-9/h3-4,7,12-13,16-17H,2,5-6,8H2,1H3/t12-,13+/m1/s1. The molecule has 21 heavy (non-hydrogen) atoms. The summed E-state index contributed by atoms with van der Waals surface area (Å²) in [6, 6.07) is 4.38. The average molecular weight is 428 g/mol. The number of hydrogen-bond acceptors (Lipinski definition) is 4. The maximum absolute atomic E-state index is 13.7. The summed E-state index contributed by atoms with van der Waals surface area (Å²) >= 11 is 1.91. The van der Waals surface area contributed by atoms with Gasteiger partial charge >= 0.3 is 0 Å². The van der Waals surface area contributed by atoms with Crippen molar-refractivity contribution in [3.8, 4) is 0 Å². The SMILES string of the molecule is CCS(=O)(=O)N[C@@H]1CNCCO[C@H]1c1ccc(I)c(F)c1. The molecule has 1 heterocycles. The number of ether oxygens (including phenoxy) is 1. The predicted octanol–water partition coefficient (Wildman–Crippen LogP) is 1.40. The normalized spacial score (nSPS) is 23.8. The van der Waals surface area contributed by atoms with Gasteiger partial charge in [0.2, 0.25) is 10.0 Å². The van der Waals surface area contributed by atoms with Crippen molar-refractivity contribution in [2.75, 3.05) is 25.4 Å². The molecular weight excluding hydrogens is 410 g/mol. The molecule has 0 amide bonds. The molecule has 5 nitrogen and oxygen atoms in total. The van der Waals surface area contributed by atoms with E-state index in [1.54, 1.807) is 19.1 Å². The highest BCUT2D eigenvalue weighted by Gasteiger charge is 2.29. The van der Waals surface area contributed by atoms with Crippen molar-refractivity contribution in [1.29, 1.82) is 0 Å². The Hall–Kier alpha value is -0.290. The fraction of sp³-hybridized carbons (Fsp3) is 0.538. The summed E-state index contributed by atoms with van der Waals surface area (Å²) < 4.78 is 46.2. The summed E-state index contributed by atoms with van der Waals surface area (Å²) in [5, 5.41) is 3.12. The second kappa shape index (κ2) is 7.32. The van der Waals surface area contributed by atoms with E-state index in [2.05, 4.69) is 10.0 Å². The fourth-order valence-corrected chi connectivity index (χ4v) is 3.34. The van der Waals surface area contributed by atoms with Crippen molar-refractivity contribution < 1.29 is 17.5 Å². The molecule has 2 atom stereocenters. The molecule has 1 aromatic carbocycles. The van der Waals surface area contributed by atoms with Crippen molar-refractivity contribution in [3.63, 3.8) is 0 Å². The Morgan fingerprint density at radius 1 is 1.52 bits per heavy atom. The van der Waals surface area contributed by atoms with E-state index in [1.165, 1.54) is 6.07 Å². The fourth-order valence-electron chi connectivity index (χ4n) is 2.17. The van der Waals surface area contributed by atoms with Gasteiger partial charge < -0.3 is 10.1 Å². The molecule has 0 radical (unpaired) electrons. The summed E-state index contributed by atoms with van der Waals surface area (Å²) in [6.07, 6.45) is -0.507. The molecule has 1 fully saturated rings. The molecule has 2 N–H and O–H groups in total. The minimum absolute atomic E-state index is 0.00271. The molecule has 1 aliphatic heterocycles. The molecule has 1 saturated heterocycles. The molecular formula is C13H18FIN2O3S. The van der Waals surface area contributed by atoms with Gasteiger partial charge in [-0.25, -0.2) is 17.5 Å². The van der Waals surface area contributed by atoms with Gasteiger partial charge in [0, 0.05) is 16.7 Å². The molecule has 8 heteroatoms. The zero-order valence-electron chi connectivity index (χ0n) is 11.6. The molecule has 1 aliphatic rings. The van der Waals surface area contributed by atoms with E-state index < -0.39 is 22.2 Å². The molecule has 0 unspecified atom stereocenters. The van der Waals surface area contributed by atoms with Gasteiger partial charge in [-0.3, -0.25) is 0 Å². The highest BCUT2D eigenvalue weighted by molar-refractivity contribution is 14.1. The van der Waals surface area contributed by atoms with Gasteiger partial charge in [-0.2, -0.15) is 0 Å². The highest BCUT2D eigenvalue weighted by Crippen LogP contribution is 2.25. The van der Waals surface area contributed by atoms with Gasteiger partial charge in [-0.05, 0) is 47.2 Å². The van der Waals surface area contributed by atoms with Crippen LogP contribution in [-0.2, 0) is 14.8 Å². The second-order valence-corrected chi connectivity index (χ2v) is 8.00. The van der Waals surface area contributed by atoms with E-state index in [4.69, 9.17) is 4.74 Å². The van der Waals surface area contributed by atoms with E-state index in [0.29, 0.717) is 28.8 Å². The van der Waals surface area contributed by atoms with E-state index in [1.807, 2.05) is 22.6 Å². The van der Waals surface area contributed by atoms with Crippen molar-refractivity contribution in [3.05, 3.63) is 33.1 Å². The average Bonchev–Trinajstić information content (AvgIpc) is 2.67. The number of sulfonamides is 1. The quantitative estimate of drug-likeness (QED) is 0.712. The largest absolute Gasteiger partial charge is 0.370 e. The van der Waals surface area contributed by atoms with E-state index in [9.17, 15) is 12.8 Å². The lowest BCUT2D eigenvalue weighted by Gasteiger charge is -2.26. The first-order chi connectivity index (χ1) is 9.93. The van der Waals surface area contributed by atoms with Crippen LogP contribution in [0.1, 0.15) is 18.6 Å². The molecule has 0 spiro atoms. The third kappa shape index (κ3) is 4.59. The smallest absolute Gasteiger partial charge is 0.211 e. The van der Waals surface area contributed by atoms with Crippen LogP contribution in [0.2, 0.25) is 0 Å². The number of benzene rings is 1. The first kappa shape index (κ1) is 17.1. The van der Waals surface area contributed by atoms with Crippen molar-refractivity contribution in [2.45, 2.75) is 19.1 Å². The summed E-state index contributed by atoms with van der Waals surface area (Å²) in [7, 11) is -3.36. The predicted molar refractivity (Wildman–Crippen MR) is 87.1 cm³/mol. The monoisotopic (exact) mass is 428 g/mol. The van der Waals surface area contributed by atoms with Crippen LogP contribution >= 0.6 is 22.6 Å². The van der Waals surface area contributed by atoms with Gasteiger partial charge in [0.25, 0.3) is 0 Å². The van der Waals surface area contributed by atoms with Crippen LogP contribution in [0.4, 0.5) is 4.39 Å². The summed E-state index contributed by atoms with van der Waals surface area (Å²) in [6.45, 7) is 3.10. The van der Waals surface area contributed by atoms with Gasteiger partial charge in [0.1, 0.15) is 11.9 Å². The van der Waals surface area contributed by atoms with E-state index in [-0.39, 0.29) is 11.6 Å².